The second-order valence-electron chi connectivity index (χ2n) is 6.39. The molecule has 158 valence electrons. The lowest BCUT2D eigenvalue weighted by molar-refractivity contribution is -0.115. The molecule has 11 heteroatoms. The van der Waals surface area contributed by atoms with Crippen LogP contribution in [0.1, 0.15) is 18.4 Å². The summed E-state index contributed by atoms with van der Waals surface area (Å²) < 4.78 is 33.7. The average molecular weight is 449 g/mol. The maximum absolute atomic E-state index is 12.4. The number of rotatable bonds is 8. The Kier molecular flexibility index (Phi) is 6.75. The number of primary sulfonamides is 1. The molecule has 9 nitrogen and oxygen atoms in total. The molecule has 1 amide bonds. The van der Waals surface area contributed by atoms with Crippen molar-refractivity contribution >= 4 is 33.4 Å². The molecule has 0 aliphatic rings. The van der Waals surface area contributed by atoms with Crippen LogP contribution in [0.2, 0.25) is 0 Å². The van der Waals surface area contributed by atoms with Crippen molar-refractivity contribution in [2.45, 2.75) is 35.8 Å². The van der Waals surface area contributed by atoms with Crippen LogP contribution in [0.15, 0.2) is 63.1 Å². The number of sulfonamides is 1. The van der Waals surface area contributed by atoms with E-state index in [4.69, 9.17) is 14.3 Å². The molecule has 0 unspecified atom stereocenters. The van der Waals surface area contributed by atoms with Crippen LogP contribution in [0.25, 0.3) is 0 Å². The standard InChI is InChI=1S/C19H20N4O5S2/c1-12-4-3-5-15(10-12)27-11-17-22-23-19(28-17)29-13(2)18(24)21-14-6-8-16(9-7-14)30(20,25)26/h3-10,13H,11H2,1-2H3,(H,21,24)(H2,20,25,26)/t13-/m1/s1. The van der Waals surface area contributed by atoms with Crippen LogP contribution in [-0.2, 0) is 21.4 Å². The smallest absolute Gasteiger partial charge is 0.277 e. The normalized spacial score (nSPS) is 12.4. The molecule has 3 rings (SSSR count). The summed E-state index contributed by atoms with van der Waals surface area (Å²) in [5.74, 6) is 0.688. The molecule has 0 bridgehead atoms. The number of benzene rings is 2. The van der Waals surface area contributed by atoms with Crippen LogP contribution in [-0.4, -0.2) is 29.8 Å². The van der Waals surface area contributed by atoms with E-state index in [1.165, 1.54) is 24.3 Å². The Labute approximate surface area is 178 Å². The second kappa shape index (κ2) is 9.28. The highest BCUT2D eigenvalue weighted by molar-refractivity contribution is 8.00. The van der Waals surface area contributed by atoms with Crippen LogP contribution < -0.4 is 15.2 Å². The number of nitrogens with two attached hydrogens (primary N) is 1. The molecule has 2 aromatic carbocycles. The van der Waals surface area contributed by atoms with Crippen LogP contribution in [0.5, 0.6) is 5.75 Å². The number of amides is 1. The fraction of sp³-hybridized carbons (Fsp3) is 0.211. The van der Waals surface area contributed by atoms with Crippen molar-refractivity contribution in [3.63, 3.8) is 0 Å². The van der Waals surface area contributed by atoms with Gasteiger partial charge in [-0.25, -0.2) is 13.6 Å². The number of hydrogen-bond acceptors (Lipinski definition) is 8. The van der Waals surface area contributed by atoms with Crippen molar-refractivity contribution in [2.75, 3.05) is 5.32 Å². The summed E-state index contributed by atoms with van der Waals surface area (Å²) in [7, 11) is -3.78. The fourth-order valence-corrected chi connectivity index (χ4v) is 3.59. The molecule has 0 aliphatic heterocycles. The van der Waals surface area contributed by atoms with E-state index in [1.54, 1.807) is 6.92 Å². The molecule has 0 saturated heterocycles. The number of carbonyl (C=O) groups is 1. The maximum atomic E-state index is 12.4. The number of hydrogen-bond donors (Lipinski definition) is 2. The zero-order chi connectivity index (χ0) is 21.7. The van der Waals surface area contributed by atoms with E-state index in [1.807, 2.05) is 31.2 Å². The lowest BCUT2D eigenvalue weighted by Gasteiger charge is -2.10. The largest absolute Gasteiger partial charge is 0.484 e. The molecular formula is C19H20N4O5S2. The molecule has 3 N–H and O–H groups in total. The molecule has 0 fully saturated rings. The first-order chi connectivity index (χ1) is 14.2. The summed E-state index contributed by atoms with van der Waals surface area (Å²) in [6.07, 6.45) is 0. The van der Waals surface area contributed by atoms with Gasteiger partial charge in [0.15, 0.2) is 6.61 Å². The van der Waals surface area contributed by atoms with Gasteiger partial charge in [-0.05, 0) is 55.8 Å². The van der Waals surface area contributed by atoms with E-state index in [9.17, 15) is 13.2 Å². The van der Waals surface area contributed by atoms with E-state index < -0.39 is 15.3 Å². The van der Waals surface area contributed by atoms with E-state index in [0.29, 0.717) is 17.3 Å². The van der Waals surface area contributed by atoms with Crippen molar-refractivity contribution in [1.82, 2.24) is 10.2 Å². The predicted octanol–water partition coefficient (Wildman–Crippen LogP) is 2.72. The van der Waals surface area contributed by atoms with E-state index >= 15 is 0 Å². The lowest BCUT2D eigenvalue weighted by atomic mass is 10.2. The summed E-state index contributed by atoms with van der Waals surface area (Å²) in [4.78, 5) is 12.3. The van der Waals surface area contributed by atoms with Gasteiger partial charge in [0.05, 0.1) is 10.1 Å². The van der Waals surface area contributed by atoms with Gasteiger partial charge in [-0.3, -0.25) is 4.79 Å². The number of anilines is 1. The molecule has 1 heterocycles. The number of thioether (sulfide) groups is 1. The molecule has 0 radical (unpaired) electrons. The first-order valence-electron chi connectivity index (χ1n) is 8.83. The summed E-state index contributed by atoms with van der Waals surface area (Å²) in [6, 6.07) is 13.2. The molecule has 0 aliphatic carbocycles. The van der Waals surface area contributed by atoms with Gasteiger partial charge < -0.3 is 14.5 Å². The predicted molar refractivity (Wildman–Crippen MR) is 112 cm³/mol. The molecular weight excluding hydrogens is 428 g/mol. The molecule has 0 spiro atoms. The number of ether oxygens (including phenoxy) is 1. The van der Waals surface area contributed by atoms with Crippen LogP contribution in [0.3, 0.4) is 0 Å². The highest BCUT2D eigenvalue weighted by atomic mass is 32.2. The minimum absolute atomic E-state index is 0.0332. The maximum Gasteiger partial charge on any atom is 0.277 e. The van der Waals surface area contributed by atoms with Gasteiger partial charge >= 0.3 is 0 Å². The first-order valence-corrected chi connectivity index (χ1v) is 11.3. The monoisotopic (exact) mass is 448 g/mol. The Morgan fingerprint density at radius 3 is 2.63 bits per heavy atom. The van der Waals surface area contributed by atoms with Gasteiger partial charge in [-0.15, -0.1) is 10.2 Å². The van der Waals surface area contributed by atoms with E-state index in [2.05, 4.69) is 15.5 Å². The van der Waals surface area contributed by atoms with Gasteiger partial charge in [0.2, 0.25) is 15.9 Å². The van der Waals surface area contributed by atoms with Gasteiger partial charge in [0.25, 0.3) is 11.1 Å². The molecule has 3 aromatic rings. The van der Waals surface area contributed by atoms with Crippen molar-refractivity contribution in [1.29, 1.82) is 0 Å². The Hall–Kier alpha value is -2.89. The quantitative estimate of drug-likeness (QED) is 0.502. The number of aromatic nitrogens is 2. The Balaban J connectivity index is 1.53. The van der Waals surface area contributed by atoms with Gasteiger partial charge in [0, 0.05) is 5.69 Å². The Morgan fingerprint density at radius 1 is 1.23 bits per heavy atom. The van der Waals surface area contributed by atoms with Crippen LogP contribution in [0.4, 0.5) is 5.69 Å². The summed E-state index contributed by atoms with van der Waals surface area (Å²) in [5, 5.41) is 15.3. The first kappa shape index (κ1) is 21.8. The summed E-state index contributed by atoms with van der Waals surface area (Å²) in [6.45, 7) is 3.77. The Morgan fingerprint density at radius 2 is 1.97 bits per heavy atom. The highest BCUT2D eigenvalue weighted by Gasteiger charge is 2.19. The fourth-order valence-electron chi connectivity index (χ4n) is 2.37. The van der Waals surface area contributed by atoms with Crippen molar-refractivity contribution in [3.05, 3.63) is 60.0 Å². The van der Waals surface area contributed by atoms with Gasteiger partial charge in [-0.1, -0.05) is 23.9 Å². The summed E-state index contributed by atoms with van der Waals surface area (Å²) in [5.41, 5.74) is 1.52. The minimum Gasteiger partial charge on any atom is -0.484 e. The average Bonchev–Trinajstić information content (AvgIpc) is 3.13. The highest BCUT2D eigenvalue weighted by Crippen LogP contribution is 2.24. The van der Waals surface area contributed by atoms with Gasteiger partial charge in [0.1, 0.15) is 5.75 Å². The third kappa shape index (κ3) is 6.05. The molecule has 1 atom stereocenters. The molecule has 1 aromatic heterocycles. The van der Waals surface area contributed by atoms with Crippen molar-refractivity contribution in [2.24, 2.45) is 5.14 Å². The number of aryl methyl sites for hydroxylation is 1. The molecule has 0 saturated carbocycles. The van der Waals surface area contributed by atoms with Crippen molar-refractivity contribution in [3.8, 4) is 5.75 Å². The van der Waals surface area contributed by atoms with E-state index in [0.717, 1.165) is 17.3 Å². The van der Waals surface area contributed by atoms with Gasteiger partial charge in [-0.2, -0.15) is 0 Å². The third-order valence-electron chi connectivity index (χ3n) is 3.90. The SMILES string of the molecule is Cc1cccc(OCc2nnc(S[C@H](C)C(=O)Nc3ccc(S(N)(=O)=O)cc3)o2)c1. The molecule has 30 heavy (non-hydrogen) atoms. The topological polar surface area (TPSA) is 137 Å². The van der Waals surface area contributed by atoms with E-state index in [-0.39, 0.29) is 22.6 Å². The third-order valence-corrected chi connectivity index (χ3v) is 5.76. The zero-order valence-electron chi connectivity index (χ0n) is 16.2. The zero-order valence-corrected chi connectivity index (χ0v) is 17.9. The number of carbonyl (C=O) groups excluding carboxylic acids is 1. The summed E-state index contributed by atoms with van der Waals surface area (Å²) >= 11 is 1.10. The van der Waals surface area contributed by atoms with Crippen LogP contribution >= 0.6 is 11.8 Å². The van der Waals surface area contributed by atoms with Crippen molar-refractivity contribution < 1.29 is 22.4 Å². The number of nitrogens with zero attached hydrogens (tertiary/aromatic N) is 2. The Bertz CT molecular complexity index is 1130. The van der Waals surface area contributed by atoms with Crippen LogP contribution in [0, 0.1) is 6.92 Å². The second-order valence-corrected chi connectivity index (χ2v) is 9.24. The number of nitrogens with one attached hydrogen (secondary N) is 1. The minimum atomic E-state index is -3.78. The lowest BCUT2D eigenvalue weighted by Crippen LogP contribution is -2.22.